The van der Waals surface area contributed by atoms with E-state index in [4.69, 9.17) is 11.6 Å². The zero-order valence-electron chi connectivity index (χ0n) is 11.0. The van der Waals surface area contributed by atoms with Crippen molar-refractivity contribution < 1.29 is 4.79 Å². The normalized spacial score (nSPS) is 25.2. The van der Waals surface area contributed by atoms with Crippen molar-refractivity contribution in [2.24, 2.45) is 0 Å². The van der Waals surface area contributed by atoms with E-state index in [9.17, 15) is 4.79 Å². The molecule has 2 aliphatic heterocycles. The number of carbonyl (C=O) groups is 1. The summed E-state index contributed by atoms with van der Waals surface area (Å²) in [4.78, 5) is 17.9. The Labute approximate surface area is 123 Å². The number of halogens is 1. The van der Waals surface area contributed by atoms with Crippen molar-refractivity contribution in [3.8, 4) is 0 Å². The lowest BCUT2D eigenvalue weighted by Gasteiger charge is -2.24. The third kappa shape index (κ3) is 3.19. The lowest BCUT2D eigenvalue weighted by Crippen LogP contribution is -2.38. The van der Waals surface area contributed by atoms with Gasteiger partial charge in [-0.2, -0.15) is 0 Å². The van der Waals surface area contributed by atoms with Crippen LogP contribution in [0.15, 0.2) is 12.1 Å². The molecule has 0 N–H and O–H groups in total. The van der Waals surface area contributed by atoms with E-state index in [0.717, 1.165) is 18.0 Å². The number of rotatable bonds is 3. The second-order valence-corrected chi connectivity index (χ2v) is 7.16. The second-order valence-electron chi connectivity index (χ2n) is 5.45. The van der Waals surface area contributed by atoms with Gasteiger partial charge in [-0.05, 0) is 51.0 Å². The van der Waals surface area contributed by atoms with Crippen molar-refractivity contribution in [2.75, 3.05) is 32.7 Å². The van der Waals surface area contributed by atoms with Crippen molar-refractivity contribution in [3.05, 3.63) is 21.3 Å². The van der Waals surface area contributed by atoms with Crippen LogP contribution < -0.4 is 0 Å². The number of ketones is 1. The Morgan fingerprint density at radius 3 is 2.95 bits per heavy atom. The van der Waals surface area contributed by atoms with E-state index < -0.39 is 0 Å². The van der Waals surface area contributed by atoms with E-state index >= 15 is 0 Å². The van der Waals surface area contributed by atoms with Crippen molar-refractivity contribution in [1.29, 1.82) is 0 Å². The summed E-state index contributed by atoms with van der Waals surface area (Å²) in [5, 5.41) is 0. The van der Waals surface area contributed by atoms with Crippen LogP contribution in [0.25, 0.3) is 0 Å². The van der Waals surface area contributed by atoms with Crippen LogP contribution in [0, 0.1) is 0 Å². The van der Waals surface area contributed by atoms with Crippen LogP contribution in [0.5, 0.6) is 0 Å². The van der Waals surface area contributed by atoms with E-state index in [1.54, 1.807) is 6.07 Å². The summed E-state index contributed by atoms with van der Waals surface area (Å²) >= 11 is 7.28. The van der Waals surface area contributed by atoms with Crippen molar-refractivity contribution in [3.63, 3.8) is 0 Å². The van der Waals surface area contributed by atoms with Gasteiger partial charge in [-0.15, -0.1) is 11.3 Å². The standard InChI is InChI=1S/C14H19ClN2OS/c15-14-5-4-13(19-14)12(18)10-16-6-2-8-17-7-1-3-11(17)9-16/h4-5,11H,1-3,6-10H2. The van der Waals surface area contributed by atoms with Gasteiger partial charge in [0.05, 0.1) is 15.8 Å². The molecule has 1 aromatic heterocycles. The van der Waals surface area contributed by atoms with E-state index in [0.29, 0.717) is 16.9 Å². The highest BCUT2D eigenvalue weighted by molar-refractivity contribution is 7.18. The maximum atomic E-state index is 12.2. The molecule has 1 unspecified atom stereocenters. The monoisotopic (exact) mass is 298 g/mol. The highest BCUT2D eigenvalue weighted by atomic mass is 35.5. The fourth-order valence-electron chi connectivity index (χ4n) is 3.17. The molecule has 3 heterocycles. The quantitative estimate of drug-likeness (QED) is 0.802. The summed E-state index contributed by atoms with van der Waals surface area (Å²) in [5.41, 5.74) is 0. The van der Waals surface area contributed by atoms with Gasteiger partial charge in [-0.25, -0.2) is 0 Å². The predicted octanol–water partition coefficient (Wildman–Crippen LogP) is 2.75. The molecule has 0 radical (unpaired) electrons. The Morgan fingerprint density at radius 2 is 2.16 bits per heavy atom. The summed E-state index contributed by atoms with van der Waals surface area (Å²) in [7, 11) is 0. The Bertz CT molecular complexity index is 462. The molecule has 2 fully saturated rings. The Morgan fingerprint density at radius 1 is 1.32 bits per heavy atom. The van der Waals surface area contributed by atoms with Gasteiger partial charge < -0.3 is 0 Å². The van der Waals surface area contributed by atoms with Gasteiger partial charge in [0.2, 0.25) is 0 Å². The van der Waals surface area contributed by atoms with Crippen LogP contribution in [-0.2, 0) is 0 Å². The maximum absolute atomic E-state index is 12.2. The summed E-state index contributed by atoms with van der Waals surface area (Å²) in [5.74, 6) is 0.211. The minimum Gasteiger partial charge on any atom is -0.299 e. The van der Waals surface area contributed by atoms with Crippen LogP contribution in [0.4, 0.5) is 0 Å². The number of hydrogen-bond acceptors (Lipinski definition) is 4. The third-order valence-electron chi connectivity index (χ3n) is 4.10. The molecule has 19 heavy (non-hydrogen) atoms. The van der Waals surface area contributed by atoms with Crippen LogP contribution in [0.3, 0.4) is 0 Å². The minimum atomic E-state index is 0.211. The van der Waals surface area contributed by atoms with E-state index in [1.165, 1.54) is 43.7 Å². The fourth-order valence-corrected chi connectivity index (χ4v) is 4.14. The smallest absolute Gasteiger partial charge is 0.186 e. The highest BCUT2D eigenvalue weighted by Crippen LogP contribution is 2.24. The molecule has 2 aliphatic rings. The fraction of sp³-hybridized carbons (Fsp3) is 0.643. The largest absolute Gasteiger partial charge is 0.299 e. The molecule has 2 saturated heterocycles. The number of Topliss-reactive ketones (excluding diaryl/α,β-unsaturated/α-hetero) is 1. The number of thiophene rings is 1. The third-order valence-corrected chi connectivity index (χ3v) is 5.38. The van der Waals surface area contributed by atoms with Gasteiger partial charge in [-0.1, -0.05) is 11.6 Å². The Hall–Kier alpha value is -0.420. The van der Waals surface area contributed by atoms with Gasteiger partial charge in [0.15, 0.2) is 5.78 Å². The topological polar surface area (TPSA) is 23.6 Å². The molecule has 0 aliphatic carbocycles. The Balaban J connectivity index is 1.61. The van der Waals surface area contributed by atoms with Gasteiger partial charge in [-0.3, -0.25) is 14.6 Å². The summed E-state index contributed by atoms with van der Waals surface area (Å²) < 4.78 is 0.696. The van der Waals surface area contributed by atoms with Crippen LogP contribution in [0.2, 0.25) is 4.34 Å². The maximum Gasteiger partial charge on any atom is 0.186 e. The SMILES string of the molecule is O=C(CN1CCCN2CCCC2C1)c1ccc(Cl)s1. The molecule has 1 atom stereocenters. The first kappa shape index (κ1) is 13.6. The second kappa shape index (κ2) is 5.92. The van der Waals surface area contributed by atoms with Crippen molar-refractivity contribution in [2.45, 2.75) is 25.3 Å². The molecule has 0 saturated carbocycles. The molecule has 3 nitrogen and oxygen atoms in total. The first-order valence-electron chi connectivity index (χ1n) is 6.97. The number of fused-ring (bicyclic) bond motifs is 1. The average molecular weight is 299 g/mol. The molecule has 5 heteroatoms. The van der Waals surface area contributed by atoms with Gasteiger partial charge in [0.25, 0.3) is 0 Å². The Kier molecular flexibility index (Phi) is 4.22. The molecular weight excluding hydrogens is 280 g/mol. The summed E-state index contributed by atoms with van der Waals surface area (Å²) in [6.07, 6.45) is 3.78. The van der Waals surface area contributed by atoms with Crippen molar-refractivity contribution >= 4 is 28.7 Å². The number of hydrogen-bond donors (Lipinski definition) is 0. The van der Waals surface area contributed by atoms with Crippen LogP contribution >= 0.6 is 22.9 Å². The van der Waals surface area contributed by atoms with Gasteiger partial charge in [0.1, 0.15) is 0 Å². The minimum absolute atomic E-state index is 0.211. The molecule has 0 spiro atoms. The highest BCUT2D eigenvalue weighted by Gasteiger charge is 2.29. The first-order chi connectivity index (χ1) is 9.22. The molecule has 1 aromatic rings. The summed E-state index contributed by atoms with van der Waals surface area (Å²) in [6.45, 7) is 5.07. The predicted molar refractivity (Wildman–Crippen MR) is 79.3 cm³/mol. The summed E-state index contributed by atoms with van der Waals surface area (Å²) in [6, 6.07) is 4.32. The lowest BCUT2D eigenvalue weighted by molar-refractivity contribution is 0.0929. The molecule has 0 aromatic carbocycles. The van der Waals surface area contributed by atoms with Crippen LogP contribution in [0.1, 0.15) is 28.9 Å². The molecular formula is C14H19ClN2OS. The molecule has 0 bridgehead atoms. The van der Waals surface area contributed by atoms with Crippen molar-refractivity contribution in [1.82, 2.24) is 9.80 Å². The van der Waals surface area contributed by atoms with Crippen LogP contribution in [-0.4, -0.2) is 54.3 Å². The lowest BCUT2D eigenvalue weighted by atomic mass is 10.2. The van der Waals surface area contributed by atoms with Gasteiger partial charge in [0, 0.05) is 12.6 Å². The van der Waals surface area contributed by atoms with E-state index in [2.05, 4.69) is 9.80 Å². The molecule has 3 rings (SSSR count). The zero-order valence-corrected chi connectivity index (χ0v) is 12.6. The molecule has 104 valence electrons. The zero-order chi connectivity index (χ0) is 13.2. The number of carbonyl (C=O) groups excluding carboxylic acids is 1. The van der Waals surface area contributed by atoms with Gasteiger partial charge >= 0.3 is 0 Å². The molecule has 0 amide bonds. The van der Waals surface area contributed by atoms with E-state index in [1.807, 2.05) is 6.07 Å². The van der Waals surface area contributed by atoms with E-state index in [-0.39, 0.29) is 5.78 Å². The first-order valence-corrected chi connectivity index (χ1v) is 8.17. The number of nitrogens with zero attached hydrogens (tertiary/aromatic N) is 2. The average Bonchev–Trinajstić information content (AvgIpc) is 2.95.